The van der Waals surface area contributed by atoms with Crippen LogP contribution in [0.1, 0.15) is 47.0 Å². The molecule has 2 fully saturated rings. The second-order valence-electron chi connectivity index (χ2n) is 10.7. The number of fused-ring (bicyclic) bond motifs is 1. The number of nitrogens with zero attached hydrogens (tertiary/aromatic N) is 2. The molecule has 2 aromatic rings. The number of carbonyl (C=O) groups is 3. The van der Waals surface area contributed by atoms with E-state index in [2.05, 4.69) is 10.3 Å². The fraction of sp³-hybridized carbons (Fsp3) is 0.556. The molecule has 1 N–H and O–H groups in total. The molecule has 4 rings (SSSR count). The Balaban J connectivity index is 1.59. The standard InChI is InChI=1S/C27H34ClN3O7/c1-7-15-13-27(15,24(33)36-6)30-22(32)19-12-16(14-31(19)25(34)38-26(2,3)4)37-23-18-8-9-20(35-5)21(28)17(18)10-11-29-23/h8-11,15-16,19H,7,12-14H2,1-6H3,(H,30,32)/t15-,16-,19+,27?/m1/s1. The summed E-state index contributed by atoms with van der Waals surface area (Å²) >= 11 is 6.48. The molecule has 10 nitrogen and oxygen atoms in total. The van der Waals surface area contributed by atoms with Gasteiger partial charge in [0.15, 0.2) is 0 Å². The van der Waals surface area contributed by atoms with E-state index in [0.717, 1.165) is 0 Å². The molecule has 0 spiro atoms. The lowest BCUT2D eigenvalue weighted by Crippen LogP contribution is -2.53. The molecule has 1 aliphatic heterocycles. The number of hydrogen-bond donors (Lipinski definition) is 1. The molecular formula is C27H34ClN3O7. The number of carbonyl (C=O) groups excluding carboxylic acids is 3. The van der Waals surface area contributed by atoms with Crippen molar-refractivity contribution in [3.05, 3.63) is 29.4 Å². The van der Waals surface area contributed by atoms with E-state index in [4.69, 9.17) is 30.5 Å². The van der Waals surface area contributed by atoms with E-state index < -0.39 is 41.3 Å². The average Bonchev–Trinajstić information content (AvgIpc) is 3.41. The van der Waals surface area contributed by atoms with Crippen molar-refractivity contribution >= 4 is 40.3 Å². The van der Waals surface area contributed by atoms with Gasteiger partial charge in [-0.2, -0.15) is 0 Å². The van der Waals surface area contributed by atoms with Gasteiger partial charge in [-0.05, 0) is 51.3 Å². The van der Waals surface area contributed by atoms with Crippen LogP contribution in [0.4, 0.5) is 4.79 Å². The molecule has 0 radical (unpaired) electrons. The number of pyridine rings is 1. The van der Waals surface area contributed by atoms with Gasteiger partial charge in [0.2, 0.25) is 11.8 Å². The summed E-state index contributed by atoms with van der Waals surface area (Å²) in [7, 11) is 2.84. The van der Waals surface area contributed by atoms with Crippen molar-refractivity contribution in [3.63, 3.8) is 0 Å². The Bertz CT molecular complexity index is 1250. The Kier molecular flexibility index (Phi) is 7.65. The Morgan fingerprint density at radius 1 is 1.18 bits per heavy atom. The first-order valence-corrected chi connectivity index (χ1v) is 13.0. The third-order valence-corrected chi connectivity index (χ3v) is 7.38. The number of hydrogen-bond acceptors (Lipinski definition) is 8. The summed E-state index contributed by atoms with van der Waals surface area (Å²) in [4.78, 5) is 44.9. The molecule has 2 amide bonds. The fourth-order valence-electron chi connectivity index (χ4n) is 5.00. The summed E-state index contributed by atoms with van der Waals surface area (Å²) in [6, 6.07) is 4.37. The highest BCUT2D eigenvalue weighted by molar-refractivity contribution is 6.37. The molecule has 4 atom stereocenters. The summed E-state index contributed by atoms with van der Waals surface area (Å²) in [5, 5.41) is 4.68. The van der Waals surface area contributed by atoms with Crippen molar-refractivity contribution < 1.29 is 33.3 Å². The van der Waals surface area contributed by atoms with E-state index >= 15 is 0 Å². The van der Waals surface area contributed by atoms with Gasteiger partial charge in [-0.1, -0.05) is 24.9 Å². The van der Waals surface area contributed by atoms with Gasteiger partial charge in [0.05, 0.1) is 25.8 Å². The number of rotatable bonds is 7. The van der Waals surface area contributed by atoms with Crippen LogP contribution in [-0.4, -0.2) is 71.9 Å². The van der Waals surface area contributed by atoms with Crippen molar-refractivity contribution in [3.8, 4) is 11.6 Å². The largest absolute Gasteiger partial charge is 0.495 e. The lowest BCUT2D eigenvalue weighted by Gasteiger charge is -2.28. The highest BCUT2D eigenvalue weighted by atomic mass is 35.5. The van der Waals surface area contributed by atoms with Crippen LogP contribution < -0.4 is 14.8 Å². The van der Waals surface area contributed by atoms with Gasteiger partial charge >= 0.3 is 12.1 Å². The number of methoxy groups -OCH3 is 2. The summed E-state index contributed by atoms with van der Waals surface area (Å²) in [6.45, 7) is 7.31. The SMILES string of the molecule is CC[C@@H]1CC1(NC(=O)[C@@H]1C[C@@H](Oc2nccc3c(Cl)c(OC)ccc23)CN1C(=O)OC(C)(C)C)C(=O)OC. The topological polar surface area (TPSA) is 116 Å². The van der Waals surface area contributed by atoms with Gasteiger partial charge in [-0.15, -0.1) is 0 Å². The lowest BCUT2D eigenvalue weighted by molar-refractivity contribution is -0.147. The molecule has 1 unspecified atom stereocenters. The third-order valence-electron chi connectivity index (χ3n) is 6.99. The Morgan fingerprint density at radius 3 is 2.53 bits per heavy atom. The maximum atomic E-state index is 13.5. The molecule has 1 saturated carbocycles. The normalized spacial score (nSPS) is 24.6. The number of aromatic nitrogens is 1. The summed E-state index contributed by atoms with van der Waals surface area (Å²) in [5.41, 5.74) is -1.84. The molecule has 1 saturated heterocycles. The minimum atomic E-state index is -1.08. The van der Waals surface area contributed by atoms with E-state index in [9.17, 15) is 14.4 Å². The quantitative estimate of drug-likeness (QED) is 0.515. The van der Waals surface area contributed by atoms with Crippen LogP contribution in [0.25, 0.3) is 10.8 Å². The van der Waals surface area contributed by atoms with Gasteiger partial charge in [0.1, 0.15) is 29.0 Å². The predicted octanol–water partition coefficient (Wildman–Crippen LogP) is 4.11. The number of nitrogens with one attached hydrogen (secondary N) is 1. The smallest absolute Gasteiger partial charge is 0.411 e. The van der Waals surface area contributed by atoms with E-state index in [-0.39, 0.29) is 18.9 Å². The van der Waals surface area contributed by atoms with Gasteiger partial charge in [-0.3, -0.25) is 9.69 Å². The maximum absolute atomic E-state index is 13.5. The zero-order chi connectivity index (χ0) is 27.8. The first kappa shape index (κ1) is 27.8. The van der Waals surface area contributed by atoms with Crippen LogP contribution in [0, 0.1) is 5.92 Å². The number of amides is 2. The number of esters is 1. The second kappa shape index (κ2) is 10.5. The Morgan fingerprint density at radius 2 is 1.92 bits per heavy atom. The van der Waals surface area contributed by atoms with Crippen LogP contribution in [-0.2, 0) is 19.1 Å². The van der Waals surface area contributed by atoms with E-state index in [1.165, 1.54) is 19.1 Å². The zero-order valence-electron chi connectivity index (χ0n) is 22.5. The van der Waals surface area contributed by atoms with Gasteiger partial charge in [-0.25, -0.2) is 14.6 Å². The first-order chi connectivity index (χ1) is 17.9. The Hall–Kier alpha value is -3.27. The lowest BCUT2D eigenvalue weighted by atomic mass is 10.1. The van der Waals surface area contributed by atoms with Crippen molar-refractivity contribution in [1.82, 2.24) is 15.2 Å². The van der Waals surface area contributed by atoms with E-state index in [1.54, 1.807) is 45.2 Å². The van der Waals surface area contributed by atoms with Crippen LogP contribution in [0.15, 0.2) is 24.4 Å². The Labute approximate surface area is 226 Å². The molecular weight excluding hydrogens is 514 g/mol. The van der Waals surface area contributed by atoms with Gasteiger partial charge in [0, 0.05) is 23.4 Å². The number of likely N-dealkylation sites (tertiary alicyclic amines) is 1. The molecule has 2 aliphatic rings. The predicted molar refractivity (Wildman–Crippen MR) is 140 cm³/mol. The highest BCUT2D eigenvalue weighted by Gasteiger charge is 2.62. The van der Waals surface area contributed by atoms with Gasteiger partial charge in [0.25, 0.3) is 0 Å². The van der Waals surface area contributed by atoms with Crippen molar-refractivity contribution in [2.75, 3.05) is 20.8 Å². The number of ether oxygens (including phenoxy) is 4. The summed E-state index contributed by atoms with van der Waals surface area (Å²) in [5.74, 6) is -0.123. The molecule has 0 bridgehead atoms. The molecule has 1 aliphatic carbocycles. The minimum absolute atomic E-state index is 0.0241. The van der Waals surface area contributed by atoms with E-state index in [0.29, 0.717) is 40.3 Å². The number of benzene rings is 1. The first-order valence-electron chi connectivity index (χ1n) is 12.6. The summed E-state index contributed by atoms with van der Waals surface area (Å²) < 4.78 is 22.1. The second-order valence-corrected chi connectivity index (χ2v) is 11.1. The van der Waals surface area contributed by atoms with Gasteiger partial charge < -0.3 is 24.3 Å². The van der Waals surface area contributed by atoms with Crippen molar-refractivity contribution in [1.29, 1.82) is 0 Å². The highest BCUT2D eigenvalue weighted by Crippen LogP contribution is 2.47. The zero-order valence-corrected chi connectivity index (χ0v) is 23.3. The third kappa shape index (κ3) is 5.32. The fourth-order valence-corrected chi connectivity index (χ4v) is 5.30. The van der Waals surface area contributed by atoms with Crippen LogP contribution in [0.5, 0.6) is 11.6 Å². The number of halogens is 1. The minimum Gasteiger partial charge on any atom is -0.495 e. The summed E-state index contributed by atoms with van der Waals surface area (Å²) in [6.07, 6.45) is 1.75. The van der Waals surface area contributed by atoms with Crippen LogP contribution in [0.2, 0.25) is 5.02 Å². The molecule has 1 aromatic carbocycles. The van der Waals surface area contributed by atoms with Crippen molar-refractivity contribution in [2.24, 2.45) is 5.92 Å². The average molecular weight is 548 g/mol. The maximum Gasteiger partial charge on any atom is 0.411 e. The molecule has 206 valence electrons. The molecule has 38 heavy (non-hydrogen) atoms. The monoisotopic (exact) mass is 547 g/mol. The molecule has 1 aromatic heterocycles. The molecule has 2 heterocycles. The van der Waals surface area contributed by atoms with Crippen LogP contribution in [0.3, 0.4) is 0 Å². The van der Waals surface area contributed by atoms with Crippen LogP contribution >= 0.6 is 11.6 Å². The van der Waals surface area contributed by atoms with E-state index in [1.807, 2.05) is 6.92 Å². The molecule has 11 heteroatoms. The van der Waals surface area contributed by atoms with Crippen molar-refractivity contribution in [2.45, 2.75) is 70.2 Å².